The zero-order valence-corrected chi connectivity index (χ0v) is 15.5. The Bertz CT molecular complexity index is 501. The standard InChI is InChI=1S/C16H26N2O2S.ClH/c1-16(10-17)5-6-18(11-16)9-12-7-13(19-2)14(20-3)8-15(12)21-4;/h7-8H,5-6,9-11,17H2,1-4H3;1H. The fourth-order valence-electron chi connectivity index (χ4n) is 2.88. The second-order valence-electron chi connectivity index (χ2n) is 5.99. The van der Waals surface area contributed by atoms with E-state index < -0.39 is 0 Å². The molecule has 1 fully saturated rings. The summed E-state index contributed by atoms with van der Waals surface area (Å²) >= 11 is 1.75. The lowest BCUT2D eigenvalue weighted by atomic mass is 9.90. The van der Waals surface area contributed by atoms with Crippen LogP contribution in [0.4, 0.5) is 0 Å². The van der Waals surface area contributed by atoms with Gasteiger partial charge in [-0.15, -0.1) is 24.2 Å². The minimum Gasteiger partial charge on any atom is -0.493 e. The van der Waals surface area contributed by atoms with E-state index in [4.69, 9.17) is 15.2 Å². The Morgan fingerprint density at radius 1 is 1.27 bits per heavy atom. The molecule has 1 unspecified atom stereocenters. The molecule has 0 aromatic heterocycles. The van der Waals surface area contributed by atoms with E-state index in [1.54, 1.807) is 26.0 Å². The van der Waals surface area contributed by atoms with Gasteiger partial charge in [0, 0.05) is 18.0 Å². The highest BCUT2D eigenvalue weighted by atomic mass is 35.5. The van der Waals surface area contributed by atoms with Gasteiger partial charge in [0.25, 0.3) is 0 Å². The molecule has 4 nitrogen and oxygen atoms in total. The van der Waals surface area contributed by atoms with Gasteiger partial charge in [-0.1, -0.05) is 6.92 Å². The number of thioether (sulfide) groups is 1. The molecule has 1 saturated heterocycles. The van der Waals surface area contributed by atoms with Crippen molar-refractivity contribution in [2.45, 2.75) is 24.8 Å². The third-order valence-electron chi connectivity index (χ3n) is 4.31. The molecule has 1 atom stereocenters. The first-order chi connectivity index (χ1) is 10.0. The third-order valence-corrected chi connectivity index (χ3v) is 5.13. The van der Waals surface area contributed by atoms with Crippen molar-refractivity contribution in [3.8, 4) is 11.5 Å². The molecule has 1 heterocycles. The fraction of sp³-hybridized carbons (Fsp3) is 0.625. The number of hydrogen-bond donors (Lipinski definition) is 1. The number of hydrogen-bond acceptors (Lipinski definition) is 5. The Morgan fingerprint density at radius 2 is 1.91 bits per heavy atom. The highest BCUT2D eigenvalue weighted by molar-refractivity contribution is 7.98. The topological polar surface area (TPSA) is 47.7 Å². The molecule has 126 valence electrons. The summed E-state index contributed by atoms with van der Waals surface area (Å²) in [5.74, 6) is 1.59. The van der Waals surface area contributed by atoms with E-state index in [-0.39, 0.29) is 17.8 Å². The number of likely N-dealkylation sites (tertiary alicyclic amines) is 1. The van der Waals surface area contributed by atoms with Crippen molar-refractivity contribution in [2.75, 3.05) is 40.1 Å². The van der Waals surface area contributed by atoms with Crippen molar-refractivity contribution in [3.05, 3.63) is 17.7 Å². The molecule has 0 aliphatic carbocycles. The van der Waals surface area contributed by atoms with Crippen molar-refractivity contribution >= 4 is 24.2 Å². The van der Waals surface area contributed by atoms with E-state index in [1.807, 2.05) is 0 Å². The van der Waals surface area contributed by atoms with Crippen molar-refractivity contribution < 1.29 is 9.47 Å². The van der Waals surface area contributed by atoms with E-state index in [9.17, 15) is 0 Å². The average Bonchev–Trinajstić information content (AvgIpc) is 2.88. The lowest BCUT2D eigenvalue weighted by Gasteiger charge is -2.23. The van der Waals surface area contributed by atoms with Gasteiger partial charge >= 0.3 is 0 Å². The smallest absolute Gasteiger partial charge is 0.161 e. The molecule has 1 aliphatic heterocycles. The van der Waals surface area contributed by atoms with Gasteiger partial charge in [0.05, 0.1) is 14.2 Å². The number of nitrogens with two attached hydrogens (primary N) is 1. The van der Waals surface area contributed by atoms with Crippen molar-refractivity contribution in [2.24, 2.45) is 11.1 Å². The van der Waals surface area contributed by atoms with Crippen molar-refractivity contribution in [1.29, 1.82) is 0 Å². The van der Waals surface area contributed by atoms with Gasteiger partial charge in [-0.25, -0.2) is 0 Å². The Balaban J connectivity index is 0.00000242. The molecular formula is C16H27ClN2O2S. The SMILES string of the molecule is COc1cc(CN2CCC(C)(CN)C2)c(SC)cc1OC.Cl. The molecule has 0 amide bonds. The first kappa shape index (κ1) is 19.4. The van der Waals surface area contributed by atoms with Gasteiger partial charge in [-0.05, 0) is 48.9 Å². The van der Waals surface area contributed by atoms with Gasteiger partial charge in [0.2, 0.25) is 0 Å². The predicted octanol–water partition coefficient (Wildman–Crippen LogP) is 3.02. The lowest BCUT2D eigenvalue weighted by molar-refractivity contribution is 0.272. The van der Waals surface area contributed by atoms with Gasteiger partial charge < -0.3 is 15.2 Å². The second-order valence-corrected chi connectivity index (χ2v) is 6.84. The molecule has 1 aromatic carbocycles. The lowest BCUT2D eigenvalue weighted by Crippen LogP contribution is -2.31. The molecule has 0 spiro atoms. The number of ether oxygens (including phenoxy) is 2. The van der Waals surface area contributed by atoms with Crippen LogP contribution in [0.1, 0.15) is 18.9 Å². The predicted molar refractivity (Wildman–Crippen MR) is 95.6 cm³/mol. The maximum atomic E-state index is 5.90. The summed E-state index contributed by atoms with van der Waals surface area (Å²) in [6.07, 6.45) is 3.27. The molecule has 0 saturated carbocycles. The van der Waals surface area contributed by atoms with Crippen LogP contribution in [-0.4, -0.2) is 45.0 Å². The Labute approximate surface area is 144 Å². The van der Waals surface area contributed by atoms with Crippen LogP contribution in [-0.2, 0) is 6.54 Å². The summed E-state index contributed by atoms with van der Waals surface area (Å²) in [6, 6.07) is 4.17. The molecule has 0 radical (unpaired) electrons. The number of halogens is 1. The Kier molecular flexibility index (Phi) is 7.32. The van der Waals surface area contributed by atoms with E-state index in [2.05, 4.69) is 30.2 Å². The normalized spacial score (nSPS) is 21.5. The number of rotatable bonds is 6. The van der Waals surface area contributed by atoms with Crippen molar-refractivity contribution in [1.82, 2.24) is 4.90 Å². The number of benzene rings is 1. The van der Waals surface area contributed by atoms with Gasteiger partial charge in [-0.2, -0.15) is 0 Å². The summed E-state index contributed by atoms with van der Waals surface area (Å²) in [5.41, 5.74) is 7.45. The Morgan fingerprint density at radius 3 is 2.41 bits per heavy atom. The zero-order valence-electron chi connectivity index (χ0n) is 13.8. The molecule has 1 aliphatic rings. The summed E-state index contributed by atoms with van der Waals surface area (Å²) in [7, 11) is 3.36. The molecule has 6 heteroatoms. The zero-order chi connectivity index (χ0) is 15.5. The molecule has 22 heavy (non-hydrogen) atoms. The maximum absolute atomic E-state index is 5.90. The summed E-state index contributed by atoms with van der Waals surface area (Å²) < 4.78 is 10.8. The molecule has 1 aromatic rings. The summed E-state index contributed by atoms with van der Waals surface area (Å²) in [4.78, 5) is 3.72. The van der Waals surface area contributed by atoms with Crippen LogP contribution in [0.2, 0.25) is 0 Å². The van der Waals surface area contributed by atoms with Crippen LogP contribution in [0.15, 0.2) is 17.0 Å². The molecule has 0 bridgehead atoms. The highest BCUT2D eigenvalue weighted by Crippen LogP contribution is 2.36. The first-order valence-electron chi connectivity index (χ1n) is 7.26. The fourth-order valence-corrected chi connectivity index (χ4v) is 3.50. The van der Waals surface area contributed by atoms with Crippen LogP contribution in [0.3, 0.4) is 0 Å². The second kappa shape index (κ2) is 8.29. The van der Waals surface area contributed by atoms with E-state index >= 15 is 0 Å². The van der Waals surface area contributed by atoms with Gasteiger partial charge in [-0.3, -0.25) is 4.90 Å². The van der Waals surface area contributed by atoms with Crippen LogP contribution in [0, 0.1) is 5.41 Å². The summed E-state index contributed by atoms with van der Waals surface area (Å²) in [6.45, 7) is 6.13. The minimum absolute atomic E-state index is 0. The van der Waals surface area contributed by atoms with Gasteiger partial charge in [0.1, 0.15) is 0 Å². The number of methoxy groups -OCH3 is 2. The first-order valence-corrected chi connectivity index (χ1v) is 8.49. The molecular weight excluding hydrogens is 320 g/mol. The minimum atomic E-state index is 0. The van der Waals surface area contributed by atoms with Crippen LogP contribution >= 0.6 is 24.2 Å². The van der Waals surface area contributed by atoms with E-state index in [0.717, 1.165) is 37.7 Å². The Hall–Kier alpha value is -0.620. The molecule has 2 rings (SSSR count). The largest absolute Gasteiger partial charge is 0.493 e. The maximum Gasteiger partial charge on any atom is 0.161 e. The van der Waals surface area contributed by atoms with Crippen LogP contribution in [0.25, 0.3) is 0 Å². The highest BCUT2D eigenvalue weighted by Gasteiger charge is 2.32. The van der Waals surface area contributed by atoms with E-state index in [1.165, 1.54) is 16.9 Å². The van der Waals surface area contributed by atoms with Gasteiger partial charge in [0.15, 0.2) is 11.5 Å². The van der Waals surface area contributed by atoms with Crippen LogP contribution < -0.4 is 15.2 Å². The summed E-state index contributed by atoms with van der Waals surface area (Å²) in [5, 5.41) is 0. The van der Waals surface area contributed by atoms with Crippen molar-refractivity contribution in [3.63, 3.8) is 0 Å². The van der Waals surface area contributed by atoms with Crippen LogP contribution in [0.5, 0.6) is 11.5 Å². The quantitative estimate of drug-likeness (QED) is 0.802. The van der Waals surface area contributed by atoms with E-state index in [0.29, 0.717) is 0 Å². The molecule has 2 N–H and O–H groups in total. The third kappa shape index (κ3) is 4.22. The number of nitrogens with zero attached hydrogens (tertiary/aromatic N) is 1. The average molecular weight is 347 g/mol. The monoisotopic (exact) mass is 346 g/mol.